The molecule has 0 aromatic heterocycles. The van der Waals surface area contributed by atoms with Crippen molar-refractivity contribution < 1.29 is 4.74 Å². The molecule has 1 aromatic rings. The molecule has 0 aliphatic heterocycles. The van der Waals surface area contributed by atoms with Gasteiger partial charge in [0.05, 0.1) is 6.10 Å². The molecule has 1 nitrogen and oxygen atoms in total. The van der Waals surface area contributed by atoms with Crippen LogP contribution in [0.3, 0.4) is 0 Å². The Kier molecular flexibility index (Phi) is 3.30. The molecule has 0 amide bonds. The molecular formula is C14H20O. The van der Waals surface area contributed by atoms with Crippen molar-refractivity contribution in [2.24, 2.45) is 5.92 Å². The fourth-order valence-electron chi connectivity index (χ4n) is 2.29. The van der Waals surface area contributed by atoms with Crippen LogP contribution < -0.4 is 4.74 Å². The van der Waals surface area contributed by atoms with E-state index in [-0.39, 0.29) is 0 Å². The second-order valence-electron chi connectivity index (χ2n) is 4.82. The van der Waals surface area contributed by atoms with Gasteiger partial charge in [-0.25, -0.2) is 0 Å². The zero-order valence-electron chi connectivity index (χ0n) is 9.70. The van der Waals surface area contributed by atoms with Gasteiger partial charge in [0, 0.05) is 0 Å². The standard InChI is InChI=1S/C14H20O/c1-11-6-8-13(9-7-11)15-14-5-3-4-12(2)10-14/h6-9,12,14H,3-5,10H2,1-2H3. The molecular weight excluding hydrogens is 184 g/mol. The topological polar surface area (TPSA) is 9.23 Å². The SMILES string of the molecule is Cc1ccc(OC2CCCC(C)C2)cc1. The number of rotatable bonds is 2. The minimum absolute atomic E-state index is 0.441. The molecule has 0 radical (unpaired) electrons. The lowest BCUT2D eigenvalue weighted by Crippen LogP contribution is -2.23. The Bertz CT molecular complexity index is 302. The van der Waals surface area contributed by atoms with Gasteiger partial charge in [-0.05, 0) is 44.2 Å². The molecule has 0 heterocycles. The molecule has 1 aliphatic rings. The predicted octanol–water partition coefficient (Wildman–Crippen LogP) is 3.95. The maximum atomic E-state index is 5.98. The van der Waals surface area contributed by atoms with Crippen LogP contribution in [-0.2, 0) is 0 Å². The fourth-order valence-corrected chi connectivity index (χ4v) is 2.29. The minimum Gasteiger partial charge on any atom is -0.490 e. The second kappa shape index (κ2) is 4.69. The predicted molar refractivity (Wildman–Crippen MR) is 63.2 cm³/mol. The smallest absolute Gasteiger partial charge is 0.119 e. The molecule has 0 saturated heterocycles. The molecule has 2 atom stereocenters. The van der Waals surface area contributed by atoms with E-state index in [1.54, 1.807) is 0 Å². The van der Waals surface area contributed by atoms with E-state index in [2.05, 4.69) is 38.1 Å². The van der Waals surface area contributed by atoms with Crippen LogP contribution in [0.4, 0.5) is 0 Å². The number of hydrogen-bond donors (Lipinski definition) is 0. The summed E-state index contributed by atoms with van der Waals surface area (Å²) in [6.45, 7) is 4.43. The maximum Gasteiger partial charge on any atom is 0.119 e. The van der Waals surface area contributed by atoms with Gasteiger partial charge in [-0.3, -0.25) is 0 Å². The molecule has 15 heavy (non-hydrogen) atoms. The van der Waals surface area contributed by atoms with Gasteiger partial charge < -0.3 is 4.74 Å². The summed E-state index contributed by atoms with van der Waals surface area (Å²) in [5.74, 6) is 1.86. The van der Waals surface area contributed by atoms with Crippen LogP contribution in [0.5, 0.6) is 5.75 Å². The van der Waals surface area contributed by atoms with Gasteiger partial charge >= 0.3 is 0 Å². The van der Waals surface area contributed by atoms with E-state index in [4.69, 9.17) is 4.74 Å². The van der Waals surface area contributed by atoms with Gasteiger partial charge in [0.2, 0.25) is 0 Å². The Balaban J connectivity index is 1.93. The Morgan fingerprint density at radius 2 is 1.87 bits per heavy atom. The summed E-state index contributed by atoms with van der Waals surface area (Å²) in [6, 6.07) is 8.38. The first kappa shape index (κ1) is 10.5. The van der Waals surface area contributed by atoms with Crippen molar-refractivity contribution in [1.29, 1.82) is 0 Å². The highest BCUT2D eigenvalue weighted by atomic mass is 16.5. The Morgan fingerprint density at radius 3 is 2.53 bits per heavy atom. The van der Waals surface area contributed by atoms with Crippen molar-refractivity contribution in [2.75, 3.05) is 0 Å². The number of hydrogen-bond acceptors (Lipinski definition) is 1. The summed E-state index contributed by atoms with van der Waals surface area (Å²) in [5.41, 5.74) is 1.29. The van der Waals surface area contributed by atoms with E-state index in [1.165, 1.54) is 31.2 Å². The first-order valence-corrected chi connectivity index (χ1v) is 5.97. The summed E-state index contributed by atoms with van der Waals surface area (Å²) < 4.78 is 5.98. The van der Waals surface area contributed by atoms with E-state index < -0.39 is 0 Å². The van der Waals surface area contributed by atoms with Crippen LogP contribution >= 0.6 is 0 Å². The molecule has 1 aromatic carbocycles. The van der Waals surface area contributed by atoms with Crippen molar-refractivity contribution in [2.45, 2.75) is 45.6 Å². The molecule has 1 heteroatoms. The second-order valence-corrected chi connectivity index (χ2v) is 4.82. The summed E-state index contributed by atoms with van der Waals surface area (Å²) in [7, 11) is 0. The molecule has 0 N–H and O–H groups in total. The molecule has 82 valence electrons. The van der Waals surface area contributed by atoms with Gasteiger partial charge in [0.1, 0.15) is 5.75 Å². The Hall–Kier alpha value is -0.980. The normalized spacial score (nSPS) is 26.3. The highest BCUT2D eigenvalue weighted by Gasteiger charge is 2.19. The monoisotopic (exact) mass is 204 g/mol. The summed E-state index contributed by atoms with van der Waals surface area (Å²) >= 11 is 0. The van der Waals surface area contributed by atoms with Crippen LogP contribution in [-0.4, -0.2) is 6.10 Å². The molecule has 1 fully saturated rings. The Labute approximate surface area is 92.5 Å². The molecule has 2 unspecified atom stereocenters. The first-order valence-electron chi connectivity index (χ1n) is 5.97. The number of ether oxygens (including phenoxy) is 1. The van der Waals surface area contributed by atoms with Crippen LogP contribution in [0.2, 0.25) is 0 Å². The van der Waals surface area contributed by atoms with Crippen molar-refractivity contribution in [3.8, 4) is 5.75 Å². The van der Waals surface area contributed by atoms with Crippen molar-refractivity contribution in [3.05, 3.63) is 29.8 Å². The molecule has 0 bridgehead atoms. The third kappa shape index (κ3) is 2.98. The van der Waals surface area contributed by atoms with Crippen LogP contribution in [0.15, 0.2) is 24.3 Å². The fraction of sp³-hybridized carbons (Fsp3) is 0.571. The first-order chi connectivity index (χ1) is 7.24. The minimum atomic E-state index is 0.441. The third-order valence-corrected chi connectivity index (χ3v) is 3.21. The van der Waals surface area contributed by atoms with Crippen molar-refractivity contribution in [3.63, 3.8) is 0 Å². The van der Waals surface area contributed by atoms with Crippen molar-refractivity contribution in [1.82, 2.24) is 0 Å². The van der Waals surface area contributed by atoms with Gasteiger partial charge in [-0.1, -0.05) is 31.0 Å². The molecule has 1 saturated carbocycles. The molecule has 0 spiro atoms. The zero-order valence-corrected chi connectivity index (χ0v) is 9.70. The summed E-state index contributed by atoms with van der Waals surface area (Å²) in [4.78, 5) is 0. The van der Waals surface area contributed by atoms with Gasteiger partial charge in [0.25, 0.3) is 0 Å². The van der Waals surface area contributed by atoms with Crippen LogP contribution in [0.25, 0.3) is 0 Å². The quantitative estimate of drug-likeness (QED) is 0.708. The number of aryl methyl sites for hydroxylation is 1. The molecule has 1 aliphatic carbocycles. The van der Waals surface area contributed by atoms with Crippen molar-refractivity contribution >= 4 is 0 Å². The van der Waals surface area contributed by atoms with E-state index in [9.17, 15) is 0 Å². The largest absolute Gasteiger partial charge is 0.490 e. The average molecular weight is 204 g/mol. The third-order valence-electron chi connectivity index (χ3n) is 3.21. The average Bonchev–Trinajstić information content (AvgIpc) is 2.22. The highest BCUT2D eigenvalue weighted by Crippen LogP contribution is 2.27. The van der Waals surface area contributed by atoms with Gasteiger partial charge in [0.15, 0.2) is 0 Å². The van der Waals surface area contributed by atoms with E-state index in [0.717, 1.165) is 11.7 Å². The van der Waals surface area contributed by atoms with Gasteiger partial charge in [-0.2, -0.15) is 0 Å². The van der Waals surface area contributed by atoms with E-state index in [1.807, 2.05) is 0 Å². The Morgan fingerprint density at radius 1 is 1.13 bits per heavy atom. The van der Waals surface area contributed by atoms with E-state index in [0.29, 0.717) is 6.10 Å². The van der Waals surface area contributed by atoms with Crippen LogP contribution in [0.1, 0.15) is 38.2 Å². The highest BCUT2D eigenvalue weighted by molar-refractivity contribution is 5.26. The van der Waals surface area contributed by atoms with E-state index >= 15 is 0 Å². The number of benzene rings is 1. The summed E-state index contributed by atoms with van der Waals surface area (Å²) in [5, 5.41) is 0. The van der Waals surface area contributed by atoms with Crippen LogP contribution in [0, 0.1) is 12.8 Å². The lowest BCUT2D eigenvalue weighted by Gasteiger charge is -2.27. The summed E-state index contributed by atoms with van der Waals surface area (Å²) in [6.07, 6.45) is 5.56. The molecule has 2 rings (SSSR count). The lowest BCUT2D eigenvalue weighted by atomic mass is 9.89. The zero-order chi connectivity index (χ0) is 10.7. The lowest BCUT2D eigenvalue weighted by molar-refractivity contribution is 0.129. The maximum absolute atomic E-state index is 5.98. The van der Waals surface area contributed by atoms with Gasteiger partial charge in [-0.15, -0.1) is 0 Å².